The summed E-state index contributed by atoms with van der Waals surface area (Å²) in [6, 6.07) is 20.9. The molecule has 0 aromatic heterocycles. The van der Waals surface area contributed by atoms with E-state index in [1.165, 1.54) is 10.4 Å². The van der Waals surface area contributed by atoms with Gasteiger partial charge in [0.25, 0.3) is 0 Å². The number of rotatable bonds is 8. The van der Waals surface area contributed by atoms with Gasteiger partial charge in [0, 0.05) is 0 Å². The molecule has 0 aliphatic heterocycles. The van der Waals surface area contributed by atoms with Crippen molar-refractivity contribution in [2.75, 3.05) is 13.2 Å². The minimum Gasteiger partial charge on any atom is -0.499 e. The van der Waals surface area contributed by atoms with Crippen LogP contribution in [0.5, 0.6) is 0 Å². The van der Waals surface area contributed by atoms with Crippen LogP contribution in [0.2, 0.25) is 5.04 Å². The lowest BCUT2D eigenvalue weighted by Gasteiger charge is -2.47. The Morgan fingerprint density at radius 3 is 1.88 bits per heavy atom. The van der Waals surface area contributed by atoms with Crippen LogP contribution in [0.3, 0.4) is 0 Å². The summed E-state index contributed by atoms with van der Waals surface area (Å²) in [5.74, 6) is 0. The van der Waals surface area contributed by atoms with E-state index in [9.17, 15) is 5.11 Å². The summed E-state index contributed by atoms with van der Waals surface area (Å²) in [5.41, 5.74) is -0.499. The topological polar surface area (TPSA) is 49.7 Å². The van der Waals surface area contributed by atoms with E-state index in [1.807, 2.05) is 18.2 Å². The molecule has 0 saturated heterocycles. The van der Waals surface area contributed by atoms with E-state index in [4.69, 9.17) is 9.84 Å². The average molecular weight is 371 g/mol. The molecule has 0 radical (unpaired) electrons. The Labute approximate surface area is 158 Å². The third-order valence-electron chi connectivity index (χ3n) is 4.90. The number of hydrogen-bond acceptors (Lipinski definition) is 3. The fourth-order valence-corrected chi connectivity index (χ4v) is 9.63. The number of aliphatic hydroxyl groups excluding tert-OH is 2. The van der Waals surface area contributed by atoms with Crippen LogP contribution in [0.4, 0.5) is 0 Å². The van der Waals surface area contributed by atoms with Crippen LogP contribution >= 0.6 is 0 Å². The molecule has 1 unspecified atom stereocenters. The van der Waals surface area contributed by atoms with Crippen molar-refractivity contribution in [3.63, 3.8) is 0 Å². The van der Waals surface area contributed by atoms with Crippen LogP contribution in [-0.2, 0) is 4.74 Å². The summed E-state index contributed by atoms with van der Waals surface area (Å²) < 4.78 is 5.22. The Bertz CT molecular complexity index is 638. The van der Waals surface area contributed by atoms with Crippen LogP contribution in [-0.4, -0.2) is 37.2 Å². The Morgan fingerprint density at radius 2 is 1.46 bits per heavy atom. The molecule has 2 aromatic rings. The predicted molar refractivity (Wildman–Crippen MR) is 110 cm³/mol. The Kier molecular flexibility index (Phi) is 7.20. The predicted octanol–water partition coefficient (Wildman–Crippen LogP) is 2.86. The molecule has 4 heteroatoms. The molecule has 0 amide bonds. The summed E-state index contributed by atoms with van der Waals surface area (Å²) in [6.45, 7) is 6.95. The summed E-state index contributed by atoms with van der Waals surface area (Å²) >= 11 is 0. The fourth-order valence-electron chi connectivity index (χ4n) is 3.87. The van der Waals surface area contributed by atoms with Gasteiger partial charge in [-0.05, 0) is 17.5 Å². The van der Waals surface area contributed by atoms with Gasteiger partial charge in [0.15, 0.2) is 8.07 Å². The smallest absolute Gasteiger partial charge is 0.154 e. The molecule has 140 valence electrons. The van der Waals surface area contributed by atoms with Crippen LogP contribution in [0.25, 0.3) is 0 Å². The van der Waals surface area contributed by atoms with E-state index in [1.54, 1.807) is 6.26 Å². The first-order valence-electron chi connectivity index (χ1n) is 9.11. The summed E-state index contributed by atoms with van der Waals surface area (Å²) in [7, 11) is -2.52. The highest BCUT2D eigenvalue weighted by molar-refractivity contribution is 7.05. The zero-order valence-electron chi connectivity index (χ0n) is 15.9. The summed E-state index contributed by atoms with van der Waals surface area (Å²) in [6.07, 6.45) is 3.95. The Hall–Kier alpha value is -1.88. The minimum atomic E-state index is -2.52. The third-order valence-corrected chi connectivity index (χ3v) is 11.0. The van der Waals surface area contributed by atoms with Crippen molar-refractivity contribution in [2.24, 2.45) is 0 Å². The summed E-state index contributed by atoms with van der Waals surface area (Å²) in [4.78, 5) is 0. The molecular weight excluding hydrogens is 340 g/mol. The molecule has 3 nitrogen and oxygen atoms in total. The van der Waals surface area contributed by atoms with Crippen LogP contribution in [0.15, 0.2) is 73.0 Å². The van der Waals surface area contributed by atoms with Crippen molar-refractivity contribution in [1.29, 1.82) is 0 Å². The van der Waals surface area contributed by atoms with Crippen molar-refractivity contribution in [3.05, 3.63) is 73.0 Å². The van der Waals surface area contributed by atoms with Crippen molar-refractivity contribution in [1.82, 2.24) is 0 Å². The molecule has 1 atom stereocenters. The number of aliphatic hydroxyl groups is 2. The highest BCUT2D eigenvalue weighted by atomic mass is 28.3. The van der Waals surface area contributed by atoms with Crippen molar-refractivity contribution in [3.8, 4) is 0 Å². The Balaban J connectivity index is 2.52. The van der Waals surface area contributed by atoms with E-state index in [-0.39, 0.29) is 18.3 Å². The number of hydrogen-bond donors (Lipinski definition) is 2. The third kappa shape index (κ3) is 4.26. The van der Waals surface area contributed by atoms with Gasteiger partial charge in [0.1, 0.15) is 6.61 Å². The second-order valence-electron chi connectivity index (χ2n) is 7.51. The van der Waals surface area contributed by atoms with E-state index < -0.39 is 13.8 Å². The number of ether oxygens (including phenoxy) is 1. The molecule has 0 fully saturated rings. The monoisotopic (exact) mass is 370 g/mol. The SMILES string of the molecule is CC(C)(C)[Si](c1ccccc1)(c1ccccc1)C(O)CC=COCCO. The van der Waals surface area contributed by atoms with Gasteiger partial charge in [0.2, 0.25) is 0 Å². The molecule has 0 saturated carbocycles. The highest BCUT2D eigenvalue weighted by Crippen LogP contribution is 2.39. The molecular formula is C22H30O3Si. The molecule has 2 N–H and O–H groups in total. The average Bonchev–Trinajstić information content (AvgIpc) is 2.63. The van der Waals surface area contributed by atoms with Crippen molar-refractivity contribution < 1.29 is 14.9 Å². The molecule has 0 bridgehead atoms. The lowest BCUT2D eigenvalue weighted by Crippen LogP contribution is -2.71. The standard InChI is InChI=1S/C22H30O3Si/c1-22(2,3)26(19-11-6-4-7-12-19,20-13-8-5-9-14-20)21(24)15-10-17-25-18-16-23/h4-14,17,21,23-24H,15-16,18H2,1-3H3. The first-order chi connectivity index (χ1) is 12.4. The minimum absolute atomic E-state index is 0.0123. The molecule has 0 aliphatic rings. The summed E-state index contributed by atoms with van der Waals surface area (Å²) in [5, 5.41) is 22.6. The van der Waals surface area contributed by atoms with Gasteiger partial charge < -0.3 is 14.9 Å². The molecule has 26 heavy (non-hydrogen) atoms. The maximum absolute atomic E-state index is 11.5. The van der Waals surface area contributed by atoms with E-state index in [0.717, 1.165) is 0 Å². The molecule has 0 aliphatic carbocycles. The van der Waals surface area contributed by atoms with E-state index in [0.29, 0.717) is 6.42 Å². The van der Waals surface area contributed by atoms with Gasteiger partial charge in [-0.1, -0.05) is 91.8 Å². The van der Waals surface area contributed by atoms with Crippen LogP contribution in [0.1, 0.15) is 27.2 Å². The van der Waals surface area contributed by atoms with Gasteiger partial charge in [-0.25, -0.2) is 0 Å². The maximum Gasteiger partial charge on any atom is 0.154 e. The van der Waals surface area contributed by atoms with Crippen LogP contribution < -0.4 is 10.4 Å². The second-order valence-corrected chi connectivity index (χ2v) is 12.4. The first kappa shape index (κ1) is 20.4. The van der Waals surface area contributed by atoms with Gasteiger partial charge in [-0.3, -0.25) is 0 Å². The van der Waals surface area contributed by atoms with Crippen molar-refractivity contribution >= 4 is 18.4 Å². The van der Waals surface area contributed by atoms with Gasteiger partial charge in [0.05, 0.1) is 18.6 Å². The Morgan fingerprint density at radius 1 is 0.962 bits per heavy atom. The largest absolute Gasteiger partial charge is 0.499 e. The maximum atomic E-state index is 11.5. The highest BCUT2D eigenvalue weighted by Gasteiger charge is 2.52. The van der Waals surface area contributed by atoms with Gasteiger partial charge in [-0.2, -0.15) is 0 Å². The zero-order chi connectivity index (χ0) is 19.0. The van der Waals surface area contributed by atoms with E-state index >= 15 is 0 Å². The normalized spacial score (nSPS) is 13.7. The second kappa shape index (κ2) is 9.17. The van der Waals surface area contributed by atoms with E-state index in [2.05, 4.69) is 69.3 Å². The van der Waals surface area contributed by atoms with Gasteiger partial charge >= 0.3 is 0 Å². The lowest BCUT2D eigenvalue weighted by molar-refractivity contribution is 0.164. The zero-order valence-corrected chi connectivity index (χ0v) is 16.9. The molecule has 2 rings (SSSR count). The molecule has 0 spiro atoms. The van der Waals surface area contributed by atoms with Gasteiger partial charge in [-0.15, -0.1) is 0 Å². The molecule has 2 aromatic carbocycles. The number of benzene rings is 2. The van der Waals surface area contributed by atoms with Crippen LogP contribution in [0, 0.1) is 0 Å². The lowest BCUT2D eigenvalue weighted by atomic mass is 10.2. The first-order valence-corrected chi connectivity index (χ1v) is 11.2. The quantitative estimate of drug-likeness (QED) is 0.427. The fraction of sp³-hybridized carbons (Fsp3) is 0.364. The van der Waals surface area contributed by atoms with Crippen molar-refractivity contribution in [2.45, 2.75) is 38.0 Å². The molecule has 0 heterocycles.